The number of nitrogens with one attached hydrogen (secondary N) is 10. The molecule has 0 aromatic heterocycles. The number of hydrogen-bond donors (Lipinski definition) is 23. The smallest absolute Gasteiger partial charge is 0.339 e. The third-order valence-corrected chi connectivity index (χ3v) is 20.6. The Hall–Kier alpha value is -9.13. The number of carboxylic acid groups (broad SMARTS) is 1. The molecule has 111 heavy (non-hydrogen) atoms. The number of aromatic hydroxyl groups is 3. The number of ether oxygens (including phenoxy) is 6. The highest BCUT2D eigenvalue weighted by atomic mass is 35.5. The van der Waals surface area contributed by atoms with Crippen LogP contribution in [0.4, 0.5) is 0 Å². The van der Waals surface area contributed by atoms with Gasteiger partial charge in [0.25, 0.3) is 5.91 Å². The van der Waals surface area contributed by atoms with Crippen molar-refractivity contribution in [2.75, 3.05) is 40.1 Å². The quantitative estimate of drug-likeness (QED) is 0.0247. The van der Waals surface area contributed by atoms with E-state index in [0.717, 1.165) is 66.7 Å². The van der Waals surface area contributed by atoms with Gasteiger partial charge in [0.2, 0.25) is 47.5 Å². The normalized spacial score (nSPS) is 28.0. The zero-order chi connectivity index (χ0) is 81.2. The van der Waals surface area contributed by atoms with Crippen molar-refractivity contribution in [3.8, 4) is 57.1 Å². The van der Waals surface area contributed by atoms with Crippen molar-refractivity contribution in [3.05, 3.63) is 116 Å². The molecule has 5 aromatic carbocycles. The number of aliphatic hydroxyl groups excluding tert-OH is 6. The molecule has 2 saturated heterocycles. The lowest BCUT2D eigenvalue weighted by molar-refractivity contribution is -0.334. The average molecular weight is 1620 g/mol. The lowest BCUT2D eigenvalue weighted by atomic mass is 9.85. The second-order valence-corrected chi connectivity index (χ2v) is 30.2. The Morgan fingerprint density at radius 1 is 0.721 bits per heavy atom. The Bertz CT molecular complexity index is 4450. The molecule has 38 nitrogen and oxygen atoms in total. The molecule has 2 unspecified atom stereocenters. The van der Waals surface area contributed by atoms with E-state index in [2.05, 4.69) is 53.2 Å². The highest BCUT2D eigenvalue weighted by Crippen LogP contribution is 2.51. The molecule has 7 amide bonds. The molecule has 0 radical (unpaired) electrons. The number of hydrogen-bond acceptors (Lipinski definition) is 28. The Kier molecular flexibility index (Phi) is 26.5. The molecule has 24 N–H and O–H groups in total. The average Bonchev–Trinajstić information content (AvgIpc) is 0.758. The van der Waals surface area contributed by atoms with Gasteiger partial charge in [-0.1, -0.05) is 55.2 Å². The van der Waals surface area contributed by atoms with Gasteiger partial charge in [-0.05, 0) is 117 Å². The molecule has 12 rings (SSSR count). The fraction of sp³-hybridized carbons (Fsp3) is 0.457. The van der Waals surface area contributed by atoms with E-state index in [0.29, 0.717) is 13.1 Å². The number of nitrogens with two attached hydrogens (primary N) is 1. The van der Waals surface area contributed by atoms with Crippen LogP contribution in [-0.2, 0) is 63.7 Å². The number of likely N-dealkylation sites (N-methyl/N-ethyl adjacent to an activating group) is 2. The minimum Gasteiger partial charge on any atom is -0.507 e. The lowest BCUT2D eigenvalue weighted by Gasteiger charge is -2.48. The standard InChI is InChI=1S/C70H86Cl2N11O27P/c1-26(2)15-37(75-6)62(94)81-50-53(87)29-8-11-40(35(71)17-29)106-42-19-31-20-43(58(42)110-69-59(57(91)56(90)44(24-84)108-69)109-45-22-70(4,77-14-13-74-5)60(92)27(3)105-45)107-41-12-9-30(18-36(41)72)54(88)51-65(97)80-49(68(100)101)33-21-39(86)34(23-76-25-111(102,103)104)55(89)46(33)32-16-28(7-10-38(32)85)47(63(95)82-51)78-64(96)48(31)79-67(99)52(61(73)93)83-66(50)98/h7-12,16-21,26-27,37,44-45,47-54,56-57,59-60,69,74-77,84-92H,13-15,22-25H2,1-6H3,(H2,73,93)(H,78,96)(H,79,99)(H,80,97)(H,81,94)(H,82,95)(H,83,98)(H,100,101)(H2,102,103,104)/t27-,37+,44+,45-,47+,48+,49-,50?,51-,52?,53+,54+,56+,57-,59+,60+,69-,70-/m0/s1. The maximum atomic E-state index is 16.2. The number of carboxylic acids is 1. The van der Waals surface area contributed by atoms with Crippen molar-refractivity contribution in [2.45, 2.75) is 156 Å². The van der Waals surface area contributed by atoms with Crippen LogP contribution >= 0.6 is 30.8 Å². The van der Waals surface area contributed by atoms with Gasteiger partial charge in [0, 0.05) is 48.3 Å². The van der Waals surface area contributed by atoms with E-state index in [1.807, 2.05) is 0 Å². The van der Waals surface area contributed by atoms with Crippen LogP contribution in [0.2, 0.25) is 10.0 Å². The predicted molar refractivity (Wildman–Crippen MR) is 386 cm³/mol. The number of amides is 7. The fourth-order valence-electron chi connectivity index (χ4n) is 13.5. The second-order valence-electron chi connectivity index (χ2n) is 27.8. The summed E-state index contributed by atoms with van der Waals surface area (Å²) in [6.07, 6.45) is -18.6. The summed E-state index contributed by atoms with van der Waals surface area (Å²) in [5.41, 5.74) is 0.526. The molecule has 2 fully saturated rings. The van der Waals surface area contributed by atoms with E-state index >= 15 is 19.2 Å². The Balaban J connectivity index is 1.23. The number of phenols is 3. The molecule has 7 aliphatic rings. The van der Waals surface area contributed by atoms with Gasteiger partial charge in [0.05, 0.1) is 46.8 Å². The first-order valence-corrected chi connectivity index (χ1v) is 37.3. The van der Waals surface area contributed by atoms with Crippen molar-refractivity contribution < 1.29 is 132 Å². The number of aliphatic carboxylic acids is 1. The summed E-state index contributed by atoms with van der Waals surface area (Å²) in [4.78, 5) is 138. The summed E-state index contributed by atoms with van der Waals surface area (Å²) in [7, 11) is -1.68. The lowest BCUT2D eigenvalue weighted by Crippen LogP contribution is -2.65. The first-order valence-electron chi connectivity index (χ1n) is 34.7. The van der Waals surface area contributed by atoms with E-state index in [1.165, 1.54) is 13.1 Å². The summed E-state index contributed by atoms with van der Waals surface area (Å²) in [6, 6.07) is -3.26. The monoisotopic (exact) mass is 1610 g/mol. The topological polar surface area (TPSA) is 598 Å². The van der Waals surface area contributed by atoms with Crippen LogP contribution in [0.5, 0.6) is 46.0 Å². The van der Waals surface area contributed by atoms with E-state index in [4.69, 9.17) is 57.4 Å². The third-order valence-electron chi connectivity index (χ3n) is 19.3. The zero-order valence-corrected chi connectivity index (χ0v) is 62.4. The van der Waals surface area contributed by atoms with Crippen LogP contribution < -0.4 is 73.1 Å². The SMILES string of the molecule is CNCCN[C@@]1(C)C[C@H](O[C@H]2[C@H](Oc3c4cc5cc3Oc3ccc(cc3Cl)[C@@H](O)[C@@H]3NC(=O)[C@H](NC(=O)[C@@H]5NC(=O)C(C(N)=O)NC(=O)C(NC(=O)[C@@H](CC(C)C)NC)[C@H](O)c5ccc(c(Cl)c5)O4)c4ccc(O)c(c4)-c4c(cc(O)c(CNCP(=O)(O)O)c4O)[C@@H](C(=O)O)NC3=O)O[C@H](CO)[C@@H](O)[C@@H]2O)O[C@@H](C)[C@H]1O. The number of fused-ring (bicyclic) bond motifs is 15. The van der Waals surface area contributed by atoms with Crippen LogP contribution in [0.1, 0.15) is 104 Å². The predicted octanol–water partition coefficient (Wildman–Crippen LogP) is -1.21. The van der Waals surface area contributed by atoms with Crippen molar-refractivity contribution in [2.24, 2.45) is 11.7 Å². The molecular formula is C70H86Cl2N11O27P. The molecular weight excluding hydrogens is 1530 g/mol. The van der Waals surface area contributed by atoms with E-state index < -0.39 is 267 Å². The number of carbonyl (C=O) groups is 8. The van der Waals surface area contributed by atoms with Crippen molar-refractivity contribution in [3.63, 3.8) is 0 Å². The summed E-state index contributed by atoms with van der Waals surface area (Å²) in [5, 5.41) is 142. The largest absolute Gasteiger partial charge is 0.507 e. The maximum Gasteiger partial charge on any atom is 0.339 e. The van der Waals surface area contributed by atoms with Crippen LogP contribution in [0.15, 0.2) is 72.8 Å². The summed E-state index contributed by atoms with van der Waals surface area (Å²) in [6.45, 7) is 5.84. The van der Waals surface area contributed by atoms with Crippen molar-refractivity contribution in [1.82, 2.24) is 53.2 Å². The molecule has 7 heterocycles. The maximum absolute atomic E-state index is 16.2. The van der Waals surface area contributed by atoms with E-state index in [1.54, 1.807) is 34.7 Å². The van der Waals surface area contributed by atoms with Crippen LogP contribution in [0, 0.1) is 5.92 Å². The van der Waals surface area contributed by atoms with Crippen molar-refractivity contribution in [1.29, 1.82) is 0 Å². The highest BCUT2D eigenvalue weighted by Gasteiger charge is 2.52. The minimum atomic E-state index is -4.84. The number of aliphatic hydroxyl groups is 6. The minimum absolute atomic E-state index is 0.131. The van der Waals surface area contributed by atoms with Gasteiger partial charge in [-0.2, -0.15) is 0 Å². The molecule has 7 aliphatic heterocycles. The Labute approximate surface area is 642 Å². The van der Waals surface area contributed by atoms with Crippen LogP contribution in [-0.4, -0.2) is 227 Å². The number of carbonyl (C=O) groups excluding carboxylic acids is 7. The number of benzene rings is 5. The summed E-state index contributed by atoms with van der Waals surface area (Å²) >= 11 is 14.2. The zero-order valence-electron chi connectivity index (χ0n) is 60.0. The van der Waals surface area contributed by atoms with Gasteiger partial charge < -0.3 is 148 Å². The molecule has 0 aliphatic carbocycles. The van der Waals surface area contributed by atoms with Gasteiger partial charge in [-0.15, -0.1) is 0 Å². The Morgan fingerprint density at radius 2 is 1.32 bits per heavy atom. The second kappa shape index (κ2) is 34.9. The van der Waals surface area contributed by atoms with Crippen LogP contribution in [0.3, 0.4) is 0 Å². The molecule has 18 atom stereocenters. The summed E-state index contributed by atoms with van der Waals surface area (Å²) in [5.74, 6) is -18.0. The summed E-state index contributed by atoms with van der Waals surface area (Å²) < 4.78 is 50.8. The van der Waals surface area contributed by atoms with Gasteiger partial charge in [-0.25, -0.2) is 4.79 Å². The number of rotatable bonds is 20. The highest BCUT2D eigenvalue weighted by molar-refractivity contribution is 7.51. The first kappa shape index (κ1) is 84.3. The first-order chi connectivity index (χ1) is 52.3. The molecule has 0 saturated carbocycles. The molecule has 0 spiro atoms. The van der Waals surface area contributed by atoms with Gasteiger partial charge >= 0.3 is 13.6 Å². The van der Waals surface area contributed by atoms with Crippen molar-refractivity contribution >= 4 is 78.1 Å². The number of halogens is 2. The van der Waals surface area contributed by atoms with Crippen LogP contribution in [0.25, 0.3) is 11.1 Å². The Morgan fingerprint density at radius 3 is 1.91 bits per heavy atom. The molecule has 602 valence electrons. The fourth-order valence-corrected chi connectivity index (χ4v) is 14.4. The number of primary amides is 1. The molecule has 41 heteroatoms. The van der Waals surface area contributed by atoms with Gasteiger partial charge in [-0.3, -0.25) is 38.1 Å². The van der Waals surface area contributed by atoms with Gasteiger partial charge in [0.15, 0.2) is 36.0 Å². The molecule has 5 aromatic rings. The molecule has 11 bridgehead atoms. The van der Waals surface area contributed by atoms with Gasteiger partial charge in [0.1, 0.15) is 83.4 Å². The third kappa shape index (κ3) is 18.7. The van der Waals surface area contributed by atoms with E-state index in [9.17, 15) is 84.6 Å². The number of phenolic OH excluding ortho intramolecular Hbond substituents is 3. The van der Waals surface area contributed by atoms with E-state index in [-0.39, 0.29) is 35.6 Å².